The molecule has 2 heteroatoms. The number of benzene rings is 1. The van der Waals surface area contributed by atoms with E-state index in [2.05, 4.69) is 30.4 Å². The summed E-state index contributed by atoms with van der Waals surface area (Å²) in [6.45, 7) is 6.58. The van der Waals surface area contributed by atoms with Gasteiger partial charge in [0.25, 0.3) is 0 Å². The van der Waals surface area contributed by atoms with Gasteiger partial charge in [-0.3, -0.25) is 0 Å². The van der Waals surface area contributed by atoms with Crippen LogP contribution in [0.3, 0.4) is 0 Å². The van der Waals surface area contributed by atoms with Crippen molar-refractivity contribution in [3.63, 3.8) is 0 Å². The Labute approximate surface area is 85.6 Å². The normalized spacial score (nSPS) is 10.7. The standard InChI is InChI=1S/C12H16N2/c1-10-5-4-6-11(7-10)14-9-12(2,3)8-13/h4-7,14H,9H2,1-3H3. The molecule has 1 N–H and O–H groups in total. The Morgan fingerprint density at radius 1 is 1.43 bits per heavy atom. The van der Waals surface area contributed by atoms with Crippen LogP contribution in [-0.4, -0.2) is 6.54 Å². The molecule has 0 heterocycles. The third-order valence-corrected chi connectivity index (χ3v) is 2.06. The number of aryl methyl sites for hydroxylation is 1. The van der Waals surface area contributed by atoms with Crippen LogP contribution in [0.1, 0.15) is 19.4 Å². The minimum absolute atomic E-state index is 0.316. The van der Waals surface area contributed by atoms with Crippen LogP contribution in [0.15, 0.2) is 24.3 Å². The summed E-state index contributed by atoms with van der Waals surface area (Å²) in [6, 6.07) is 10.4. The summed E-state index contributed by atoms with van der Waals surface area (Å²) in [4.78, 5) is 0. The minimum Gasteiger partial charge on any atom is -0.383 e. The van der Waals surface area contributed by atoms with Gasteiger partial charge in [-0.05, 0) is 38.5 Å². The quantitative estimate of drug-likeness (QED) is 0.791. The molecule has 0 aliphatic heterocycles. The van der Waals surface area contributed by atoms with Crippen molar-refractivity contribution < 1.29 is 0 Å². The molecule has 0 aromatic heterocycles. The van der Waals surface area contributed by atoms with Crippen LogP contribution in [0.25, 0.3) is 0 Å². The largest absolute Gasteiger partial charge is 0.383 e. The lowest BCUT2D eigenvalue weighted by atomic mass is 9.96. The van der Waals surface area contributed by atoms with E-state index in [4.69, 9.17) is 5.26 Å². The molecule has 0 spiro atoms. The molecule has 1 rings (SSSR count). The van der Waals surface area contributed by atoms with Crippen molar-refractivity contribution in [1.82, 2.24) is 0 Å². The Kier molecular flexibility index (Phi) is 3.14. The number of rotatable bonds is 3. The fraction of sp³-hybridized carbons (Fsp3) is 0.417. The molecule has 0 amide bonds. The van der Waals surface area contributed by atoms with Crippen LogP contribution in [0.2, 0.25) is 0 Å². The molecular weight excluding hydrogens is 172 g/mol. The van der Waals surface area contributed by atoms with Gasteiger partial charge >= 0.3 is 0 Å². The first-order valence-electron chi connectivity index (χ1n) is 4.75. The molecule has 0 saturated carbocycles. The third kappa shape index (κ3) is 3.10. The maximum atomic E-state index is 8.84. The second kappa shape index (κ2) is 4.15. The average molecular weight is 188 g/mol. The summed E-state index contributed by atoms with van der Waals surface area (Å²) < 4.78 is 0. The van der Waals surface area contributed by atoms with Gasteiger partial charge in [0.15, 0.2) is 0 Å². The maximum absolute atomic E-state index is 8.84. The van der Waals surface area contributed by atoms with Gasteiger partial charge in [0.05, 0.1) is 11.5 Å². The van der Waals surface area contributed by atoms with E-state index in [1.165, 1.54) is 5.56 Å². The fourth-order valence-electron chi connectivity index (χ4n) is 1.12. The number of hydrogen-bond donors (Lipinski definition) is 1. The molecule has 1 aromatic carbocycles. The zero-order valence-electron chi connectivity index (χ0n) is 8.96. The molecule has 0 radical (unpaired) electrons. The molecule has 0 atom stereocenters. The van der Waals surface area contributed by atoms with E-state index in [0.717, 1.165) is 5.69 Å². The van der Waals surface area contributed by atoms with Crippen LogP contribution in [-0.2, 0) is 0 Å². The number of nitrogens with one attached hydrogen (secondary N) is 1. The molecule has 0 fully saturated rings. The number of hydrogen-bond acceptors (Lipinski definition) is 2. The van der Waals surface area contributed by atoms with Crippen molar-refractivity contribution in [2.75, 3.05) is 11.9 Å². The Balaban J connectivity index is 2.59. The van der Waals surface area contributed by atoms with E-state index in [1.807, 2.05) is 26.0 Å². The summed E-state index contributed by atoms with van der Waals surface area (Å²) >= 11 is 0. The summed E-state index contributed by atoms with van der Waals surface area (Å²) in [5.41, 5.74) is 1.99. The predicted molar refractivity (Wildman–Crippen MR) is 59.1 cm³/mol. The van der Waals surface area contributed by atoms with E-state index in [0.29, 0.717) is 6.54 Å². The molecule has 0 aliphatic rings. The second-order valence-corrected chi connectivity index (χ2v) is 4.22. The Bertz CT molecular complexity index is 348. The van der Waals surface area contributed by atoms with Crippen molar-refractivity contribution in [1.29, 1.82) is 5.26 Å². The van der Waals surface area contributed by atoms with E-state index >= 15 is 0 Å². The van der Waals surface area contributed by atoms with E-state index in [-0.39, 0.29) is 5.41 Å². The highest BCUT2D eigenvalue weighted by molar-refractivity contribution is 5.45. The summed E-state index contributed by atoms with van der Waals surface area (Å²) in [5, 5.41) is 12.1. The first-order chi connectivity index (χ1) is 6.53. The van der Waals surface area contributed by atoms with Gasteiger partial charge in [-0.2, -0.15) is 5.26 Å². The highest BCUT2D eigenvalue weighted by Crippen LogP contribution is 2.16. The first kappa shape index (κ1) is 10.6. The predicted octanol–water partition coefficient (Wildman–Crippen LogP) is 2.96. The minimum atomic E-state index is -0.316. The molecule has 0 bridgehead atoms. The van der Waals surface area contributed by atoms with Gasteiger partial charge in [-0.15, -0.1) is 0 Å². The topological polar surface area (TPSA) is 35.8 Å². The Hall–Kier alpha value is -1.49. The number of anilines is 1. The molecule has 14 heavy (non-hydrogen) atoms. The Morgan fingerprint density at radius 2 is 2.14 bits per heavy atom. The van der Waals surface area contributed by atoms with Crippen molar-refractivity contribution in [3.05, 3.63) is 29.8 Å². The van der Waals surface area contributed by atoms with Gasteiger partial charge in [0.1, 0.15) is 0 Å². The molecule has 0 saturated heterocycles. The van der Waals surface area contributed by atoms with E-state index in [1.54, 1.807) is 0 Å². The summed E-state index contributed by atoms with van der Waals surface area (Å²) in [6.07, 6.45) is 0. The van der Waals surface area contributed by atoms with Crippen LogP contribution >= 0.6 is 0 Å². The van der Waals surface area contributed by atoms with Crippen LogP contribution in [0, 0.1) is 23.7 Å². The van der Waals surface area contributed by atoms with Gasteiger partial charge in [0.2, 0.25) is 0 Å². The van der Waals surface area contributed by atoms with Crippen molar-refractivity contribution in [2.24, 2.45) is 5.41 Å². The fourth-order valence-corrected chi connectivity index (χ4v) is 1.12. The smallest absolute Gasteiger partial charge is 0.0702 e. The first-order valence-corrected chi connectivity index (χ1v) is 4.75. The van der Waals surface area contributed by atoms with Gasteiger partial charge in [-0.25, -0.2) is 0 Å². The average Bonchev–Trinajstić information content (AvgIpc) is 2.15. The summed E-state index contributed by atoms with van der Waals surface area (Å²) in [5.74, 6) is 0. The Morgan fingerprint density at radius 3 is 2.71 bits per heavy atom. The monoisotopic (exact) mass is 188 g/mol. The number of nitriles is 1. The SMILES string of the molecule is Cc1cccc(NCC(C)(C)C#N)c1. The zero-order chi connectivity index (χ0) is 10.6. The lowest BCUT2D eigenvalue weighted by Crippen LogP contribution is -2.20. The highest BCUT2D eigenvalue weighted by atomic mass is 14.9. The van der Waals surface area contributed by atoms with Crippen LogP contribution < -0.4 is 5.32 Å². The molecule has 0 unspecified atom stereocenters. The van der Waals surface area contributed by atoms with Crippen molar-refractivity contribution in [2.45, 2.75) is 20.8 Å². The number of nitrogens with zero attached hydrogens (tertiary/aromatic N) is 1. The van der Waals surface area contributed by atoms with Gasteiger partial charge < -0.3 is 5.32 Å². The van der Waals surface area contributed by atoms with Gasteiger partial charge in [0, 0.05) is 12.2 Å². The highest BCUT2D eigenvalue weighted by Gasteiger charge is 2.15. The van der Waals surface area contributed by atoms with Crippen molar-refractivity contribution in [3.8, 4) is 6.07 Å². The molecule has 2 nitrogen and oxygen atoms in total. The second-order valence-electron chi connectivity index (χ2n) is 4.22. The molecule has 74 valence electrons. The van der Waals surface area contributed by atoms with Crippen LogP contribution in [0.5, 0.6) is 0 Å². The van der Waals surface area contributed by atoms with Gasteiger partial charge in [-0.1, -0.05) is 12.1 Å². The lowest BCUT2D eigenvalue weighted by molar-refractivity contribution is 0.529. The third-order valence-electron chi connectivity index (χ3n) is 2.06. The molecular formula is C12H16N2. The van der Waals surface area contributed by atoms with Crippen LogP contribution in [0.4, 0.5) is 5.69 Å². The van der Waals surface area contributed by atoms with Crippen molar-refractivity contribution >= 4 is 5.69 Å². The van der Waals surface area contributed by atoms with E-state index in [9.17, 15) is 0 Å². The molecule has 1 aromatic rings. The molecule has 0 aliphatic carbocycles. The lowest BCUT2D eigenvalue weighted by Gasteiger charge is -2.16. The summed E-state index contributed by atoms with van der Waals surface area (Å²) in [7, 11) is 0. The zero-order valence-corrected chi connectivity index (χ0v) is 8.96. The van der Waals surface area contributed by atoms with E-state index < -0.39 is 0 Å². The maximum Gasteiger partial charge on any atom is 0.0702 e.